The van der Waals surface area contributed by atoms with Gasteiger partial charge in [0.25, 0.3) is 0 Å². The van der Waals surface area contributed by atoms with Crippen LogP contribution in [0.3, 0.4) is 0 Å². The largest absolute Gasteiger partial charge is 0.495 e. The summed E-state index contributed by atoms with van der Waals surface area (Å²) in [4.78, 5) is 0. The molecule has 0 bridgehead atoms. The van der Waals surface area contributed by atoms with Crippen LogP contribution in [-0.2, 0) is 0 Å². The Morgan fingerprint density at radius 1 is 1.38 bits per heavy atom. The molecule has 0 amide bonds. The van der Waals surface area contributed by atoms with E-state index in [-0.39, 0.29) is 0 Å². The first-order valence-electron chi connectivity index (χ1n) is 3.93. The highest BCUT2D eigenvalue weighted by atomic mass is 35.5. The lowest BCUT2D eigenvalue weighted by Gasteiger charge is -2.01. The normalized spacial score (nSPS) is 10.7. The lowest BCUT2D eigenvalue weighted by Crippen LogP contribution is -1.83. The number of halogens is 1. The molecule has 0 spiro atoms. The Morgan fingerprint density at radius 3 is 2.85 bits per heavy atom. The average molecular weight is 197 g/mol. The number of rotatable bonds is 1. The highest BCUT2D eigenvalue weighted by Crippen LogP contribution is 2.32. The van der Waals surface area contributed by atoms with Crippen LogP contribution in [0.25, 0.3) is 11.0 Å². The summed E-state index contributed by atoms with van der Waals surface area (Å²) in [6.07, 6.45) is 1.71. The topological polar surface area (TPSA) is 22.4 Å². The lowest BCUT2D eigenvalue weighted by molar-refractivity contribution is 0.415. The fraction of sp³-hybridized carbons (Fsp3) is 0.200. The van der Waals surface area contributed by atoms with Gasteiger partial charge >= 0.3 is 0 Å². The molecule has 0 radical (unpaired) electrons. The molecule has 0 unspecified atom stereocenters. The van der Waals surface area contributed by atoms with Crippen molar-refractivity contribution < 1.29 is 9.15 Å². The standard InChI is InChI=1S/C10H9ClO2/c1-6-5-13-9-4-8(11)10(12-2)3-7(6)9/h3-5H,1-2H3. The summed E-state index contributed by atoms with van der Waals surface area (Å²) < 4.78 is 10.4. The van der Waals surface area contributed by atoms with Gasteiger partial charge in [-0.15, -0.1) is 0 Å². The van der Waals surface area contributed by atoms with Crippen LogP contribution in [-0.4, -0.2) is 7.11 Å². The predicted octanol–water partition coefficient (Wildman–Crippen LogP) is 3.40. The van der Waals surface area contributed by atoms with Gasteiger partial charge in [0, 0.05) is 11.5 Å². The molecule has 13 heavy (non-hydrogen) atoms. The Balaban J connectivity index is 2.77. The summed E-state index contributed by atoms with van der Waals surface area (Å²) in [6, 6.07) is 3.65. The van der Waals surface area contributed by atoms with Gasteiger partial charge in [-0.05, 0) is 18.6 Å². The molecule has 0 aliphatic rings. The van der Waals surface area contributed by atoms with Gasteiger partial charge in [-0.1, -0.05) is 11.6 Å². The van der Waals surface area contributed by atoms with E-state index in [2.05, 4.69) is 0 Å². The highest BCUT2D eigenvalue weighted by Gasteiger charge is 2.07. The fourth-order valence-electron chi connectivity index (χ4n) is 1.31. The smallest absolute Gasteiger partial charge is 0.138 e. The van der Waals surface area contributed by atoms with Crippen molar-refractivity contribution >= 4 is 22.6 Å². The monoisotopic (exact) mass is 196 g/mol. The van der Waals surface area contributed by atoms with E-state index in [1.807, 2.05) is 13.0 Å². The van der Waals surface area contributed by atoms with Crippen molar-refractivity contribution in [2.75, 3.05) is 7.11 Å². The molecule has 2 nitrogen and oxygen atoms in total. The molecule has 1 aromatic heterocycles. The summed E-state index contributed by atoms with van der Waals surface area (Å²) in [7, 11) is 1.60. The summed E-state index contributed by atoms with van der Waals surface area (Å²) in [6.45, 7) is 1.99. The first kappa shape index (κ1) is 8.45. The van der Waals surface area contributed by atoms with Crippen LogP contribution in [0.2, 0.25) is 5.02 Å². The van der Waals surface area contributed by atoms with E-state index in [1.165, 1.54) is 0 Å². The Labute approximate surface area is 81.1 Å². The van der Waals surface area contributed by atoms with E-state index in [1.54, 1.807) is 19.4 Å². The van der Waals surface area contributed by atoms with Crippen molar-refractivity contribution in [1.82, 2.24) is 0 Å². The average Bonchev–Trinajstić information content (AvgIpc) is 2.46. The van der Waals surface area contributed by atoms with Gasteiger partial charge in [-0.3, -0.25) is 0 Å². The molecule has 1 aromatic carbocycles. The Bertz CT molecular complexity index is 445. The van der Waals surface area contributed by atoms with Crippen LogP contribution < -0.4 is 4.74 Å². The van der Waals surface area contributed by atoms with Crippen LogP contribution in [0.1, 0.15) is 5.56 Å². The zero-order valence-electron chi connectivity index (χ0n) is 7.43. The van der Waals surface area contributed by atoms with Crippen LogP contribution in [0.5, 0.6) is 5.75 Å². The van der Waals surface area contributed by atoms with Crippen molar-refractivity contribution in [2.45, 2.75) is 6.92 Å². The van der Waals surface area contributed by atoms with Gasteiger partial charge in [0.2, 0.25) is 0 Å². The van der Waals surface area contributed by atoms with Gasteiger partial charge in [0.15, 0.2) is 0 Å². The Morgan fingerprint density at radius 2 is 2.15 bits per heavy atom. The minimum Gasteiger partial charge on any atom is -0.495 e. The summed E-state index contributed by atoms with van der Waals surface area (Å²) in [5, 5.41) is 1.62. The number of hydrogen-bond acceptors (Lipinski definition) is 2. The van der Waals surface area contributed by atoms with Gasteiger partial charge < -0.3 is 9.15 Å². The van der Waals surface area contributed by atoms with Gasteiger partial charge in [0.05, 0.1) is 18.4 Å². The van der Waals surface area contributed by atoms with Crippen LogP contribution in [0, 0.1) is 6.92 Å². The lowest BCUT2D eigenvalue weighted by atomic mass is 10.2. The second-order valence-electron chi connectivity index (χ2n) is 2.90. The fourth-order valence-corrected chi connectivity index (χ4v) is 1.54. The molecule has 68 valence electrons. The Hall–Kier alpha value is -1.15. The quantitative estimate of drug-likeness (QED) is 0.698. The van der Waals surface area contributed by atoms with E-state index >= 15 is 0 Å². The molecule has 0 aliphatic carbocycles. The maximum Gasteiger partial charge on any atom is 0.138 e. The van der Waals surface area contributed by atoms with Gasteiger partial charge in [-0.2, -0.15) is 0 Å². The maximum absolute atomic E-state index is 5.93. The first-order chi connectivity index (χ1) is 6.22. The van der Waals surface area contributed by atoms with E-state index in [9.17, 15) is 0 Å². The highest BCUT2D eigenvalue weighted by molar-refractivity contribution is 6.32. The van der Waals surface area contributed by atoms with Crippen LogP contribution >= 0.6 is 11.6 Å². The Kier molecular flexibility index (Phi) is 1.93. The number of furan rings is 1. The molecule has 0 atom stereocenters. The van der Waals surface area contributed by atoms with Crippen molar-refractivity contribution in [3.63, 3.8) is 0 Å². The van der Waals surface area contributed by atoms with E-state index in [0.717, 1.165) is 16.5 Å². The minimum absolute atomic E-state index is 0.573. The molecule has 2 rings (SSSR count). The second-order valence-corrected chi connectivity index (χ2v) is 3.31. The number of hydrogen-bond donors (Lipinski definition) is 0. The van der Waals surface area contributed by atoms with Crippen molar-refractivity contribution in [2.24, 2.45) is 0 Å². The van der Waals surface area contributed by atoms with E-state index in [0.29, 0.717) is 10.8 Å². The number of benzene rings is 1. The second kappa shape index (κ2) is 2.96. The third-order valence-electron chi connectivity index (χ3n) is 2.04. The van der Waals surface area contributed by atoms with E-state index in [4.69, 9.17) is 20.8 Å². The third-order valence-corrected chi connectivity index (χ3v) is 2.34. The molecule has 0 saturated carbocycles. The summed E-state index contributed by atoms with van der Waals surface area (Å²) in [5.74, 6) is 0.679. The number of ether oxygens (including phenoxy) is 1. The molecule has 0 N–H and O–H groups in total. The van der Waals surface area contributed by atoms with Gasteiger partial charge in [-0.25, -0.2) is 0 Å². The minimum atomic E-state index is 0.573. The van der Waals surface area contributed by atoms with Crippen molar-refractivity contribution in [3.8, 4) is 5.75 Å². The molecular formula is C10H9ClO2. The van der Waals surface area contributed by atoms with Crippen LogP contribution in [0.15, 0.2) is 22.8 Å². The third kappa shape index (κ3) is 1.27. The predicted molar refractivity (Wildman–Crippen MR) is 52.5 cm³/mol. The SMILES string of the molecule is COc1cc2c(C)coc2cc1Cl. The molecule has 3 heteroatoms. The number of methoxy groups -OCH3 is 1. The van der Waals surface area contributed by atoms with Gasteiger partial charge in [0.1, 0.15) is 11.3 Å². The van der Waals surface area contributed by atoms with E-state index < -0.39 is 0 Å². The number of aryl methyl sites for hydroxylation is 1. The molecule has 0 saturated heterocycles. The molecule has 0 aliphatic heterocycles. The zero-order chi connectivity index (χ0) is 9.42. The summed E-state index contributed by atoms with van der Waals surface area (Å²) in [5.41, 5.74) is 1.88. The molecule has 0 fully saturated rings. The molecular weight excluding hydrogens is 188 g/mol. The number of fused-ring (bicyclic) bond motifs is 1. The summed E-state index contributed by atoms with van der Waals surface area (Å²) >= 11 is 5.93. The maximum atomic E-state index is 5.93. The molecule has 1 heterocycles. The van der Waals surface area contributed by atoms with Crippen LogP contribution in [0.4, 0.5) is 0 Å². The van der Waals surface area contributed by atoms with Crippen molar-refractivity contribution in [3.05, 3.63) is 29.0 Å². The van der Waals surface area contributed by atoms with Crippen molar-refractivity contribution in [1.29, 1.82) is 0 Å². The first-order valence-corrected chi connectivity index (χ1v) is 4.31. The molecule has 2 aromatic rings. The zero-order valence-corrected chi connectivity index (χ0v) is 8.18.